The first kappa shape index (κ1) is 8.72. The average Bonchev–Trinajstić information content (AvgIpc) is 2.53. The van der Waals surface area contributed by atoms with Crippen LogP contribution in [0.25, 0.3) is 0 Å². The Morgan fingerprint density at radius 2 is 2.23 bits per heavy atom. The molecule has 72 valence electrons. The maximum absolute atomic E-state index is 10.3. The molecule has 2 heterocycles. The minimum absolute atomic E-state index is 0.670. The average molecular weight is 181 g/mol. The zero-order chi connectivity index (χ0) is 9.31. The van der Waals surface area contributed by atoms with Crippen molar-refractivity contribution in [3.05, 3.63) is 18.0 Å². The molecule has 0 amide bonds. The summed E-state index contributed by atoms with van der Waals surface area (Å²) in [7, 11) is 1.87. The van der Waals surface area contributed by atoms with Crippen LogP contribution in [-0.2, 0) is 12.6 Å². The van der Waals surface area contributed by atoms with Gasteiger partial charge in [0.05, 0.1) is 5.69 Å². The molecule has 0 bridgehead atoms. The molecule has 1 aromatic heterocycles. The Balaban J connectivity index is 2.27. The Bertz CT molecular complexity index is 289. The van der Waals surface area contributed by atoms with Gasteiger partial charge in [0.2, 0.25) is 0 Å². The van der Waals surface area contributed by atoms with Crippen LogP contribution in [0.5, 0.6) is 0 Å². The van der Waals surface area contributed by atoms with Gasteiger partial charge in [0.15, 0.2) is 0 Å². The maximum atomic E-state index is 10.3. The summed E-state index contributed by atoms with van der Waals surface area (Å²) in [6.07, 6.45) is 3.27. The highest BCUT2D eigenvalue weighted by atomic mass is 16.3. The highest BCUT2D eigenvalue weighted by molar-refractivity contribution is 5.12. The summed E-state index contributed by atoms with van der Waals surface area (Å²) in [6.45, 7) is 1.75. The molecular formula is C9H15N3O. The molecule has 1 aromatic rings. The van der Waals surface area contributed by atoms with Crippen molar-refractivity contribution in [1.29, 1.82) is 0 Å². The van der Waals surface area contributed by atoms with E-state index in [9.17, 15) is 5.11 Å². The Morgan fingerprint density at radius 3 is 2.77 bits per heavy atom. The first-order valence-corrected chi connectivity index (χ1v) is 4.64. The number of hydrogen-bond acceptors (Lipinski definition) is 3. The highest BCUT2D eigenvalue weighted by Gasteiger charge is 2.33. The van der Waals surface area contributed by atoms with Crippen molar-refractivity contribution >= 4 is 0 Å². The van der Waals surface area contributed by atoms with Crippen molar-refractivity contribution < 1.29 is 5.11 Å². The molecule has 0 unspecified atom stereocenters. The van der Waals surface area contributed by atoms with E-state index in [0.717, 1.165) is 31.6 Å². The second kappa shape index (κ2) is 3.12. The quantitative estimate of drug-likeness (QED) is 0.640. The van der Waals surface area contributed by atoms with Crippen molar-refractivity contribution in [2.45, 2.75) is 18.4 Å². The fraction of sp³-hybridized carbons (Fsp3) is 0.667. The van der Waals surface area contributed by atoms with Crippen LogP contribution in [0.3, 0.4) is 0 Å². The third-order valence-corrected chi connectivity index (χ3v) is 2.73. The van der Waals surface area contributed by atoms with E-state index in [2.05, 4.69) is 10.4 Å². The number of aliphatic hydroxyl groups is 1. The van der Waals surface area contributed by atoms with Crippen LogP contribution >= 0.6 is 0 Å². The van der Waals surface area contributed by atoms with E-state index in [1.807, 2.05) is 13.1 Å². The first-order chi connectivity index (χ1) is 6.22. The number of hydrogen-bond donors (Lipinski definition) is 2. The molecular weight excluding hydrogens is 166 g/mol. The maximum Gasteiger partial charge on any atom is 0.109 e. The molecule has 1 aliphatic heterocycles. The molecule has 4 heteroatoms. The van der Waals surface area contributed by atoms with Gasteiger partial charge in [-0.2, -0.15) is 5.10 Å². The lowest BCUT2D eigenvalue weighted by Gasteiger charge is -2.32. The summed E-state index contributed by atoms with van der Waals surface area (Å²) in [5.74, 6) is 0. The Labute approximate surface area is 77.6 Å². The fourth-order valence-corrected chi connectivity index (χ4v) is 1.93. The summed E-state index contributed by atoms with van der Waals surface area (Å²) in [6, 6.07) is 1.89. The lowest BCUT2D eigenvalue weighted by Crippen LogP contribution is -2.40. The van der Waals surface area contributed by atoms with E-state index < -0.39 is 5.60 Å². The van der Waals surface area contributed by atoms with E-state index in [1.165, 1.54) is 0 Å². The summed E-state index contributed by atoms with van der Waals surface area (Å²) in [5, 5.41) is 17.6. The second-order valence-corrected chi connectivity index (χ2v) is 3.62. The number of aryl methyl sites for hydroxylation is 1. The Kier molecular flexibility index (Phi) is 2.09. The van der Waals surface area contributed by atoms with Gasteiger partial charge in [0.25, 0.3) is 0 Å². The van der Waals surface area contributed by atoms with Crippen LogP contribution in [0.4, 0.5) is 0 Å². The van der Waals surface area contributed by atoms with Crippen LogP contribution in [0.15, 0.2) is 12.3 Å². The molecule has 0 aliphatic carbocycles. The number of piperidine rings is 1. The van der Waals surface area contributed by atoms with Crippen molar-refractivity contribution in [2.75, 3.05) is 13.1 Å². The van der Waals surface area contributed by atoms with Crippen LogP contribution in [0.1, 0.15) is 18.5 Å². The molecule has 2 N–H and O–H groups in total. The summed E-state index contributed by atoms with van der Waals surface area (Å²) in [5.41, 5.74) is 0.255. The third-order valence-electron chi connectivity index (χ3n) is 2.73. The molecule has 0 aromatic carbocycles. The van der Waals surface area contributed by atoms with Crippen molar-refractivity contribution in [3.63, 3.8) is 0 Å². The zero-order valence-electron chi connectivity index (χ0n) is 7.82. The lowest BCUT2D eigenvalue weighted by atomic mass is 9.89. The van der Waals surface area contributed by atoms with E-state index >= 15 is 0 Å². The van der Waals surface area contributed by atoms with E-state index in [4.69, 9.17) is 0 Å². The van der Waals surface area contributed by atoms with E-state index in [-0.39, 0.29) is 0 Å². The van der Waals surface area contributed by atoms with Crippen molar-refractivity contribution in [2.24, 2.45) is 7.05 Å². The van der Waals surface area contributed by atoms with Crippen LogP contribution in [0, 0.1) is 0 Å². The van der Waals surface area contributed by atoms with Crippen molar-refractivity contribution in [3.8, 4) is 0 Å². The molecule has 0 spiro atoms. The zero-order valence-corrected chi connectivity index (χ0v) is 7.82. The lowest BCUT2D eigenvalue weighted by molar-refractivity contribution is -0.00149. The predicted octanol–water partition coefficient (Wildman–Crippen LogP) is -0.00890. The molecule has 1 fully saturated rings. The van der Waals surface area contributed by atoms with Gasteiger partial charge in [-0.25, -0.2) is 0 Å². The van der Waals surface area contributed by atoms with Gasteiger partial charge in [0, 0.05) is 13.2 Å². The smallest absolute Gasteiger partial charge is 0.109 e. The molecule has 1 saturated heterocycles. The number of nitrogens with zero attached hydrogens (tertiary/aromatic N) is 2. The summed E-state index contributed by atoms with van der Waals surface area (Å²) < 4.78 is 1.76. The van der Waals surface area contributed by atoms with Gasteiger partial charge in [-0.05, 0) is 32.0 Å². The van der Waals surface area contributed by atoms with Gasteiger partial charge in [-0.15, -0.1) is 0 Å². The van der Waals surface area contributed by atoms with Gasteiger partial charge < -0.3 is 10.4 Å². The van der Waals surface area contributed by atoms with Crippen LogP contribution < -0.4 is 5.32 Å². The summed E-state index contributed by atoms with van der Waals surface area (Å²) >= 11 is 0. The molecule has 1 aliphatic rings. The van der Waals surface area contributed by atoms with Gasteiger partial charge in [-0.1, -0.05) is 0 Å². The van der Waals surface area contributed by atoms with Crippen LogP contribution in [-0.4, -0.2) is 28.0 Å². The third kappa shape index (κ3) is 1.47. The van der Waals surface area contributed by atoms with Gasteiger partial charge in [-0.3, -0.25) is 4.68 Å². The second-order valence-electron chi connectivity index (χ2n) is 3.62. The van der Waals surface area contributed by atoms with Gasteiger partial charge in [0.1, 0.15) is 5.60 Å². The molecule has 13 heavy (non-hydrogen) atoms. The molecule has 2 rings (SSSR count). The Morgan fingerprint density at radius 1 is 1.54 bits per heavy atom. The Hall–Kier alpha value is -0.870. The first-order valence-electron chi connectivity index (χ1n) is 4.64. The summed E-state index contributed by atoms with van der Waals surface area (Å²) in [4.78, 5) is 0. The fourth-order valence-electron chi connectivity index (χ4n) is 1.93. The van der Waals surface area contributed by atoms with Crippen LogP contribution in [0.2, 0.25) is 0 Å². The molecule has 0 radical (unpaired) electrons. The molecule has 0 atom stereocenters. The molecule has 0 saturated carbocycles. The normalized spacial score (nSPS) is 21.7. The minimum atomic E-state index is -0.670. The monoisotopic (exact) mass is 181 g/mol. The highest BCUT2D eigenvalue weighted by Crippen LogP contribution is 2.29. The minimum Gasteiger partial charge on any atom is -0.383 e. The predicted molar refractivity (Wildman–Crippen MR) is 49.2 cm³/mol. The van der Waals surface area contributed by atoms with E-state index in [1.54, 1.807) is 10.9 Å². The largest absolute Gasteiger partial charge is 0.383 e. The SMILES string of the molecule is Cn1nccc1C1(O)CCNCC1. The number of nitrogens with one attached hydrogen (secondary N) is 1. The standard InChI is InChI=1S/C9H15N3O/c1-12-8(2-5-11-12)9(13)3-6-10-7-4-9/h2,5,10,13H,3-4,6-7H2,1H3. The van der Waals surface area contributed by atoms with Gasteiger partial charge >= 0.3 is 0 Å². The van der Waals surface area contributed by atoms with Crippen molar-refractivity contribution in [1.82, 2.24) is 15.1 Å². The number of aromatic nitrogens is 2. The van der Waals surface area contributed by atoms with E-state index in [0.29, 0.717) is 0 Å². The molecule has 4 nitrogen and oxygen atoms in total. The topological polar surface area (TPSA) is 50.1 Å². The number of rotatable bonds is 1.